The lowest BCUT2D eigenvalue weighted by atomic mass is 9.97. The van der Waals surface area contributed by atoms with Crippen molar-refractivity contribution < 1.29 is 9.47 Å². The van der Waals surface area contributed by atoms with E-state index in [0.29, 0.717) is 5.92 Å². The summed E-state index contributed by atoms with van der Waals surface area (Å²) in [4.78, 5) is 0. The molecular weight excluding hydrogens is 303 g/mol. The van der Waals surface area contributed by atoms with Gasteiger partial charge in [0.05, 0.1) is 24.1 Å². The fourth-order valence-corrected chi connectivity index (χ4v) is 2.45. The van der Waals surface area contributed by atoms with Gasteiger partial charge in [-0.15, -0.1) is 11.6 Å². The predicted octanol–water partition coefficient (Wildman–Crippen LogP) is 4.79. The highest BCUT2D eigenvalue weighted by Crippen LogP contribution is 2.41. The van der Waals surface area contributed by atoms with Crippen LogP contribution in [0.1, 0.15) is 31.2 Å². The fraction of sp³-hybridized carbons (Fsp3) is 0.538. The molecule has 0 aliphatic heterocycles. The molecule has 4 heteroatoms. The summed E-state index contributed by atoms with van der Waals surface area (Å²) >= 11 is 9.91. The largest absolute Gasteiger partial charge is 0.496 e. The minimum absolute atomic E-state index is 0.0723. The number of rotatable bonds is 5. The summed E-state index contributed by atoms with van der Waals surface area (Å²) in [5.74, 6) is 1.95. The van der Waals surface area contributed by atoms with Gasteiger partial charge in [0, 0.05) is 5.56 Å². The minimum atomic E-state index is -0.0723. The van der Waals surface area contributed by atoms with Crippen molar-refractivity contribution in [3.05, 3.63) is 22.2 Å². The number of hydrogen-bond donors (Lipinski definition) is 0. The van der Waals surface area contributed by atoms with E-state index in [4.69, 9.17) is 21.1 Å². The molecule has 0 aliphatic carbocycles. The van der Waals surface area contributed by atoms with E-state index < -0.39 is 0 Å². The first-order chi connectivity index (χ1) is 8.04. The van der Waals surface area contributed by atoms with Crippen LogP contribution in [0.25, 0.3) is 0 Å². The van der Waals surface area contributed by atoms with Gasteiger partial charge >= 0.3 is 0 Å². The molecule has 0 spiro atoms. The van der Waals surface area contributed by atoms with Crippen LogP contribution in [0, 0.1) is 5.92 Å². The van der Waals surface area contributed by atoms with E-state index in [9.17, 15) is 0 Å². The van der Waals surface area contributed by atoms with Gasteiger partial charge in [0.25, 0.3) is 0 Å². The maximum absolute atomic E-state index is 6.47. The van der Waals surface area contributed by atoms with Crippen LogP contribution in [-0.2, 0) is 0 Å². The monoisotopic (exact) mass is 320 g/mol. The smallest absolute Gasteiger partial charge is 0.133 e. The van der Waals surface area contributed by atoms with Crippen LogP contribution in [0.4, 0.5) is 0 Å². The van der Waals surface area contributed by atoms with Crippen molar-refractivity contribution in [2.75, 3.05) is 14.2 Å². The van der Waals surface area contributed by atoms with Crippen molar-refractivity contribution in [1.82, 2.24) is 0 Å². The summed E-state index contributed by atoms with van der Waals surface area (Å²) in [5.41, 5.74) is 0.976. The molecule has 0 saturated heterocycles. The third-order valence-corrected chi connectivity index (χ3v) is 4.23. The Labute approximate surface area is 116 Å². The third-order valence-electron chi connectivity index (χ3n) is 2.94. The number of ether oxygens (including phenoxy) is 2. The summed E-state index contributed by atoms with van der Waals surface area (Å²) in [6, 6.07) is 3.83. The Kier molecular flexibility index (Phi) is 5.60. The molecule has 0 N–H and O–H groups in total. The van der Waals surface area contributed by atoms with Crippen molar-refractivity contribution in [1.29, 1.82) is 0 Å². The van der Waals surface area contributed by atoms with Crippen LogP contribution >= 0.6 is 27.5 Å². The van der Waals surface area contributed by atoms with Gasteiger partial charge in [0.15, 0.2) is 0 Å². The molecular formula is C13H18BrClO2. The Morgan fingerprint density at radius 2 is 1.82 bits per heavy atom. The molecule has 0 fully saturated rings. The molecule has 0 radical (unpaired) electrons. The van der Waals surface area contributed by atoms with Gasteiger partial charge in [-0.3, -0.25) is 0 Å². The first-order valence-electron chi connectivity index (χ1n) is 5.60. The first-order valence-corrected chi connectivity index (χ1v) is 6.83. The average molecular weight is 322 g/mol. The fourth-order valence-electron chi connectivity index (χ4n) is 1.61. The molecule has 1 aromatic carbocycles. The second-order valence-corrected chi connectivity index (χ2v) is 5.34. The Balaban J connectivity index is 3.20. The first kappa shape index (κ1) is 14.7. The van der Waals surface area contributed by atoms with E-state index in [1.165, 1.54) is 0 Å². The van der Waals surface area contributed by atoms with Crippen LogP contribution in [0.15, 0.2) is 16.6 Å². The standard InChI is InChI=1S/C13H18BrClO2/c1-5-8(2)13(15)9-6-12(17-4)10(14)7-11(9)16-3/h6-8,13H,5H2,1-4H3. The second-order valence-electron chi connectivity index (χ2n) is 4.02. The summed E-state index contributed by atoms with van der Waals surface area (Å²) in [5, 5.41) is -0.0723. The zero-order valence-electron chi connectivity index (χ0n) is 10.6. The highest BCUT2D eigenvalue weighted by Gasteiger charge is 2.21. The van der Waals surface area contributed by atoms with E-state index in [2.05, 4.69) is 29.8 Å². The number of benzene rings is 1. The highest BCUT2D eigenvalue weighted by atomic mass is 79.9. The van der Waals surface area contributed by atoms with Crippen molar-refractivity contribution in [2.24, 2.45) is 5.92 Å². The molecule has 2 nitrogen and oxygen atoms in total. The van der Waals surface area contributed by atoms with Gasteiger partial charge < -0.3 is 9.47 Å². The normalized spacial score (nSPS) is 14.2. The Morgan fingerprint density at radius 1 is 1.24 bits per heavy atom. The van der Waals surface area contributed by atoms with Crippen LogP contribution < -0.4 is 9.47 Å². The lowest BCUT2D eigenvalue weighted by Crippen LogP contribution is -2.05. The zero-order valence-corrected chi connectivity index (χ0v) is 12.9. The van der Waals surface area contributed by atoms with Crippen molar-refractivity contribution in [3.8, 4) is 11.5 Å². The van der Waals surface area contributed by atoms with Crippen LogP contribution in [0.2, 0.25) is 0 Å². The number of methoxy groups -OCH3 is 2. The molecule has 0 aromatic heterocycles. The van der Waals surface area contributed by atoms with Crippen molar-refractivity contribution in [2.45, 2.75) is 25.6 Å². The van der Waals surface area contributed by atoms with Gasteiger partial charge in [-0.2, -0.15) is 0 Å². The summed E-state index contributed by atoms with van der Waals surface area (Å²) in [7, 11) is 3.29. The molecule has 2 atom stereocenters. The van der Waals surface area contributed by atoms with Gasteiger partial charge in [0.1, 0.15) is 11.5 Å². The van der Waals surface area contributed by atoms with Gasteiger partial charge in [0.2, 0.25) is 0 Å². The molecule has 0 amide bonds. The Hall–Kier alpha value is -0.410. The molecule has 2 unspecified atom stereocenters. The topological polar surface area (TPSA) is 18.5 Å². The van der Waals surface area contributed by atoms with E-state index in [1.54, 1.807) is 14.2 Å². The number of alkyl halides is 1. The van der Waals surface area contributed by atoms with Gasteiger partial charge in [-0.1, -0.05) is 20.3 Å². The average Bonchev–Trinajstić information content (AvgIpc) is 2.36. The van der Waals surface area contributed by atoms with Crippen LogP contribution in [0.5, 0.6) is 11.5 Å². The van der Waals surface area contributed by atoms with Crippen LogP contribution in [0.3, 0.4) is 0 Å². The quantitative estimate of drug-likeness (QED) is 0.726. The molecule has 0 saturated carbocycles. The molecule has 0 heterocycles. The van der Waals surface area contributed by atoms with Gasteiger partial charge in [-0.05, 0) is 34.0 Å². The van der Waals surface area contributed by atoms with E-state index in [0.717, 1.165) is 28.0 Å². The van der Waals surface area contributed by atoms with E-state index >= 15 is 0 Å². The van der Waals surface area contributed by atoms with Crippen molar-refractivity contribution >= 4 is 27.5 Å². The molecule has 0 bridgehead atoms. The van der Waals surface area contributed by atoms with E-state index in [-0.39, 0.29) is 5.38 Å². The lowest BCUT2D eigenvalue weighted by molar-refractivity contribution is 0.391. The van der Waals surface area contributed by atoms with Crippen LogP contribution in [-0.4, -0.2) is 14.2 Å². The summed E-state index contributed by atoms with van der Waals surface area (Å²) < 4.78 is 11.5. The molecule has 0 aliphatic rings. The zero-order chi connectivity index (χ0) is 13.0. The highest BCUT2D eigenvalue weighted by molar-refractivity contribution is 9.10. The number of halogens is 2. The number of hydrogen-bond acceptors (Lipinski definition) is 2. The molecule has 1 aromatic rings. The summed E-state index contributed by atoms with van der Waals surface area (Å²) in [6.45, 7) is 4.26. The molecule has 17 heavy (non-hydrogen) atoms. The Morgan fingerprint density at radius 3 is 2.29 bits per heavy atom. The molecule has 1 rings (SSSR count). The minimum Gasteiger partial charge on any atom is -0.496 e. The van der Waals surface area contributed by atoms with E-state index in [1.807, 2.05) is 12.1 Å². The SMILES string of the molecule is CCC(C)C(Cl)c1cc(OC)c(Br)cc1OC. The lowest BCUT2D eigenvalue weighted by Gasteiger charge is -2.20. The maximum Gasteiger partial charge on any atom is 0.133 e. The van der Waals surface area contributed by atoms with Crippen molar-refractivity contribution in [3.63, 3.8) is 0 Å². The molecule has 96 valence electrons. The predicted molar refractivity (Wildman–Crippen MR) is 75.3 cm³/mol. The summed E-state index contributed by atoms with van der Waals surface area (Å²) in [6.07, 6.45) is 1.02. The maximum atomic E-state index is 6.47. The van der Waals surface area contributed by atoms with Gasteiger partial charge in [-0.25, -0.2) is 0 Å². The third kappa shape index (κ3) is 3.29. The Bertz CT molecular complexity index is 382. The second kappa shape index (κ2) is 6.50.